The number of carbonyl (C=O) groups excluding carboxylic acids is 1. The fourth-order valence-corrected chi connectivity index (χ4v) is 6.75. The van der Waals surface area contributed by atoms with Gasteiger partial charge in [0.05, 0.1) is 22.0 Å². The molecule has 1 saturated heterocycles. The van der Waals surface area contributed by atoms with E-state index in [4.69, 9.17) is 4.74 Å². The van der Waals surface area contributed by atoms with Crippen LogP contribution in [-0.2, 0) is 10.0 Å². The number of halogens is 3. The molecule has 0 spiro atoms. The van der Waals surface area contributed by atoms with Crippen LogP contribution in [0.25, 0.3) is 11.3 Å². The van der Waals surface area contributed by atoms with Crippen LogP contribution in [-0.4, -0.2) is 67.1 Å². The van der Waals surface area contributed by atoms with Crippen molar-refractivity contribution in [3.63, 3.8) is 0 Å². The summed E-state index contributed by atoms with van der Waals surface area (Å²) in [6, 6.07) is 12.3. The SMILES string of the molecule is Cc1cccc(C)c1-c1cc2nc(n1)NS(=O)(=O)c1cccc(c1)C(=O)N[C@@H]1CN(CCC3(C(F)(F)F)CC3)C[C@H]1O2. The molecule has 1 saturated carbocycles. The number of carbonyl (C=O) groups is 1. The quantitative estimate of drug-likeness (QED) is 0.454. The first-order valence-electron chi connectivity index (χ1n) is 13.7. The Morgan fingerprint density at radius 1 is 1.05 bits per heavy atom. The number of ether oxygens (including phenoxy) is 1. The molecule has 6 rings (SSSR count). The summed E-state index contributed by atoms with van der Waals surface area (Å²) in [4.78, 5) is 23.8. The summed E-state index contributed by atoms with van der Waals surface area (Å²) in [6.45, 7) is 4.54. The van der Waals surface area contributed by atoms with Crippen LogP contribution >= 0.6 is 0 Å². The van der Waals surface area contributed by atoms with E-state index in [1.807, 2.05) is 36.9 Å². The number of hydrogen-bond donors (Lipinski definition) is 2. The zero-order valence-corrected chi connectivity index (χ0v) is 23.8. The predicted molar refractivity (Wildman–Crippen MR) is 149 cm³/mol. The van der Waals surface area contributed by atoms with E-state index in [0.29, 0.717) is 5.69 Å². The van der Waals surface area contributed by atoms with Crippen molar-refractivity contribution in [1.82, 2.24) is 20.2 Å². The third-order valence-electron chi connectivity index (χ3n) is 8.36. The molecule has 4 bridgehead atoms. The van der Waals surface area contributed by atoms with Gasteiger partial charge in [0.2, 0.25) is 11.8 Å². The first kappa shape index (κ1) is 28.4. The summed E-state index contributed by atoms with van der Waals surface area (Å²) < 4.78 is 76.0. The fourth-order valence-electron chi connectivity index (χ4n) is 5.76. The molecule has 42 heavy (non-hydrogen) atoms. The summed E-state index contributed by atoms with van der Waals surface area (Å²) in [7, 11) is -4.17. The summed E-state index contributed by atoms with van der Waals surface area (Å²) in [5, 5.41) is 2.91. The van der Waals surface area contributed by atoms with Crippen molar-refractivity contribution >= 4 is 21.9 Å². The van der Waals surface area contributed by atoms with E-state index in [1.165, 1.54) is 24.3 Å². The van der Waals surface area contributed by atoms with Crippen LogP contribution in [0.5, 0.6) is 5.88 Å². The second-order valence-corrected chi connectivity index (χ2v) is 13.0. The molecule has 1 amide bonds. The lowest BCUT2D eigenvalue weighted by atomic mass is 10.00. The third-order valence-corrected chi connectivity index (χ3v) is 9.69. The number of rotatable bonds is 4. The van der Waals surface area contributed by atoms with Crippen molar-refractivity contribution in [2.24, 2.45) is 5.41 Å². The Morgan fingerprint density at radius 3 is 2.45 bits per heavy atom. The highest BCUT2D eigenvalue weighted by Gasteiger charge is 2.62. The van der Waals surface area contributed by atoms with Crippen LogP contribution in [0.3, 0.4) is 0 Å². The van der Waals surface area contributed by atoms with Crippen molar-refractivity contribution in [2.75, 3.05) is 24.4 Å². The normalized spacial score (nSPS) is 22.8. The number of nitrogens with zero attached hydrogens (tertiary/aromatic N) is 3. The van der Waals surface area contributed by atoms with Gasteiger partial charge in [-0.05, 0) is 69.0 Å². The highest BCUT2D eigenvalue weighted by Crippen LogP contribution is 2.60. The zero-order valence-electron chi connectivity index (χ0n) is 23.0. The van der Waals surface area contributed by atoms with Gasteiger partial charge in [0.1, 0.15) is 6.10 Å². The predicted octanol–water partition coefficient (Wildman–Crippen LogP) is 4.47. The van der Waals surface area contributed by atoms with Crippen LogP contribution in [0.1, 0.15) is 40.7 Å². The van der Waals surface area contributed by atoms with Crippen molar-refractivity contribution in [3.05, 3.63) is 65.2 Å². The number of alkyl halides is 3. The summed E-state index contributed by atoms with van der Waals surface area (Å²) in [5.41, 5.74) is 1.53. The molecule has 3 aromatic rings. The first-order valence-corrected chi connectivity index (χ1v) is 15.2. The van der Waals surface area contributed by atoms with E-state index in [-0.39, 0.29) is 61.2 Å². The standard InChI is InChI=1S/C29H30F3N5O4S/c1-17-5-3-6-18(2)25(17)21-14-24-35-27(34-21)36-42(39,40)20-8-4-7-19(13-20)26(38)33-22-15-37(16-23(22)41-24)12-11-28(9-10-28)29(30,31)32/h3-8,13-14,22-23H,9-12,15-16H2,1-2H3,(H,33,38)(H,34,35,36)/t22-,23-/m1/s1. The molecule has 1 aliphatic carbocycles. The number of anilines is 1. The number of fused-ring (bicyclic) bond motifs is 5. The van der Waals surface area contributed by atoms with E-state index in [1.54, 1.807) is 6.07 Å². The lowest BCUT2D eigenvalue weighted by Gasteiger charge is -2.22. The van der Waals surface area contributed by atoms with Gasteiger partial charge in [0.15, 0.2) is 0 Å². The largest absolute Gasteiger partial charge is 0.471 e. The number of sulfonamides is 1. The van der Waals surface area contributed by atoms with Crippen LogP contribution in [0.2, 0.25) is 0 Å². The molecule has 3 aliphatic rings. The summed E-state index contributed by atoms with van der Waals surface area (Å²) in [6.07, 6.45) is -4.68. The molecule has 0 unspecified atom stereocenters. The van der Waals surface area contributed by atoms with Gasteiger partial charge >= 0.3 is 6.18 Å². The Bertz CT molecular complexity index is 1640. The van der Waals surface area contributed by atoms with Crippen molar-refractivity contribution in [1.29, 1.82) is 0 Å². The van der Waals surface area contributed by atoms with Crippen LogP contribution in [0.4, 0.5) is 19.1 Å². The lowest BCUT2D eigenvalue weighted by molar-refractivity contribution is -0.189. The molecule has 3 heterocycles. The Labute approximate surface area is 241 Å². The molecule has 1 aromatic heterocycles. The summed E-state index contributed by atoms with van der Waals surface area (Å²) >= 11 is 0. The molecule has 13 heteroatoms. The van der Waals surface area contributed by atoms with E-state index in [9.17, 15) is 26.4 Å². The van der Waals surface area contributed by atoms with Crippen LogP contribution in [0.15, 0.2) is 53.4 Å². The molecule has 2 aromatic carbocycles. The van der Waals surface area contributed by atoms with Crippen molar-refractivity contribution < 1.29 is 31.1 Å². The molecule has 222 valence electrons. The van der Waals surface area contributed by atoms with Gasteiger partial charge in [0.25, 0.3) is 15.9 Å². The number of aryl methyl sites for hydroxylation is 2. The second kappa shape index (κ2) is 10.2. The minimum atomic E-state index is -4.25. The Morgan fingerprint density at radius 2 is 1.76 bits per heavy atom. The van der Waals surface area contributed by atoms with Gasteiger partial charge in [0, 0.05) is 30.3 Å². The molecular weight excluding hydrogens is 571 g/mol. The maximum absolute atomic E-state index is 13.6. The molecule has 2 N–H and O–H groups in total. The highest BCUT2D eigenvalue weighted by molar-refractivity contribution is 7.92. The molecule has 2 aliphatic heterocycles. The Kier molecular flexibility index (Phi) is 6.92. The van der Waals surface area contributed by atoms with Gasteiger partial charge in [-0.25, -0.2) is 18.1 Å². The molecular formula is C29H30F3N5O4S. The summed E-state index contributed by atoms with van der Waals surface area (Å²) in [5.74, 6) is -0.651. The number of likely N-dealkylation sites (tertiary alicyclic amines) is 1. The molecule has 2 fully saturated rings. The van der Waals surface area contributed by atoms with Crippen molar-refractivity contribution in [3.8, 4) is 17.1 Å². The number of nitrogens with one attached hydrogen (secondary N) is 2. The smallest absolute Gasteiger partial charge is 0.394 e. The van der Waals surface area contributed by atoms with Crippen LogP contribution < -0.4 is 14.8 Å². The highest BCUT2D eigenvalue weighted by atomic mass is 32.2. The van der Waals surface area contributed by atoms with Crippen LogP contribution in [0, 0.1) is 19.3 Å². The van der Waals surface area contributed by atoms with Gasteiger partial charge < -0.3 is 10.1 Å². The lowest BCUT2D eigenvalue weighted by Crippen LogP contribution is -2.45. The second-order valence-electron chi connectivity index (χ2n) is 11.3. The minimum Gasteiger partial charge on any atom is -0.471 e. The average molecular weight is 602 g/mol. The molecule has 2 atom stereocenters. The van der Waals surface area contributed by atoms with E-state index in [2.05, 4.69) is 20.0 Å². The maximum atomic E-state index is 13.6. The van der Waals surface area contributed by atoms with Gasteiger partial charge in [-0.3, -0.25) is 9.69 Å². The monoisotopic (exact) mass is 601 g/mol. The topological polar surface area (TPSA) is 114 Å². The van der Waals surface area contributed by atoms with Gasteiger partial charge in [-0.1, -0.05) is 24.3 Å². The van der Waals surface area contributed by atoms with E-state index >= 15 is 0 Å². The zero-order chi connectivity index (χ0) is 29.9. The third kappa shape index (κ3) is 5.42. The number of benzene rings is 2. The van der Waals surface area contributed by atoms with Gasteiger partial charge in [-0.15, -0.1) is 0 Å². The van der Waals surface area contributed by atoms with E-state index < -0.39 is 39.7 Å². The molecule has 0 radical (unpaired) electrons. The number of hydrogen-bond acceptors (Lipinski definition) is 7. The Hall–Kier alpha value is -3.71. The number of amides is 1. The van der Waals surface area contributed by atoms with E-state index in [0.717, 1.165) is 16.7 Å². The van der Waals surface area contributed by atoms with Crippen molar-refractivity contribution in [2.45, 2.75) is 56.3 Å². The van der Waals surface area contributed by atoms with Gasteiger partial charge in [-0.2, -0.15) is 18.2 Å². The average Bonchev–Trinajstić information content (AvgIpc) is 3.64. The first-order chi connectivity index (χ1) is 19.8. The minimum absolute atomic E-state index is 0.0257. The maximum Gasteiger partial charge on any atom is 0.394 e. The Balaban J connectivity index is 1.38. The number of aromatic nitrogens is 2. The fraction of sp³-hybridized carbons (Fsp3) is 0.414. The molecule has 9 nitrogen and oxygen atoms in total.